The third-order valence-corrected chi connectivity index (χ3v) is 5.21. The predicted octanol–water partition coefficient (Wildman–Crippen LogP) is 3.95. The van der Waals surface area contributed by atoms with Gasteiger partial charge >= 0.3 is 0 Å². The fraction of sp³-hybridized carbons (Fsp3) is 0.0952. The number of nitrogens with two attached hydrogens (primary N) is 1. The molecule has 0 aliphatic carbocycles. The number of anilines is 2. The largest absolute Gasteiger partial charge is 0.399 e. The Bertz CT molecular complexity index is 1240. The normalized spacial score (nSPS) is 10.9. The highest BCUT2D eigenvalue weighted by molar-refractivity contribution is 9.10. The van der Waals surface area contributed by atoms with Gasteiger partial charge in [-0.2, -0.15) is 4.98 Å². The summed E-state index contributed by atoms with van der Waals surface area (Å²) in [6.07, 6.45) is 1.73. The highest BCUT2D eigenvalue weighted by atomic mass is 79.9. The van der Waals surface area contributed by atoms with E-state index >= 15 is 0 Å². The number of nitrogens with one attached hydrogen (secondary N) is 1. The molecular weight excluding hydrogens is 418 g/mol. The van der Waals surface area contributed by atoms with Crippen molar-refractivity contribution in [2.24, 2.45) is 7.05 Å². The molecule has 0 spiro atoms. The lowest BCUT2D eigenvalue weighted by atomic mass is 10.1. The number of aryl methyl sites for hydroxylation is 1. The average molecular weight is 436 g/mol. The van der Waals surface area contributed by atoms with Crippen LogP contribution in [0.25, 0.3) is 22.2 Å². The zero-order chi connectivity index (χ0) is 19.7. The molecule has 4 rings (SSSR count). The molecular formula is C21H18BrN5O. The van der Waals surface area contributed by atoms with Gasteiger partial charge in [-0.15, -0.1) is 0 Å². The average Bonchev–Trinajstić information content (AvgIpc) is 2.70. The van der Waals surface area contributed by atoms with Gasteiger partial charge in [-0.1, -0.05) is 46.3 Å². The second-order valence-electron chi connectivity index (χ2n) is 6.47. The van der Waals surface area contributed by atoms with Crippen molar-refractivity contribution in [3.8, 4) is 11.1 Å². The Morgan fingerprint density at radius 1 is 1.11 bits per heavy atom. The van der Waals surface area contributed by atoms with Crippen LogP contribution in [0.1, 0.15) is 5.56 Å². The molecule has 4 aromatic rings. The molecule has 2 aromatic carbocycles. The Kier molecular flexibility index (Phi) is 4.83. The van der Waals surface area contributed by atoms with Crippen LogP contribution in [0.3, 0.4) is 0 Å². The monoisotopic (exact) mass is 435 g/mol. The van der Waals surface area contributed by atoms with Gasteiger partial charge in [0.1, 0.15) is 5.65 Å². The molecule has 0 aliphatic heterocycles. The minimum absolute atomic E-state index is 0.111. The minimum atomic E-state index is -0.111. The van der Waals surface area contributed by atoms with Crippen LogP contribution in [-0.4, -0.2) is 14.5 Å². The molecule has 0 unspecified atom stereocenters. The van der Waals surface area contributed by atoms with Crippen LogP contribution < -0.4 is 16.6 Å². The van der Waals surface area contributed by atoms with Gasteiger partial charge in [0, 0.05) is 46.5 Å². The molecule has 6 nitrogen and oxygen atoms in total. The molecule has 28 heavy (non-hydrogen) atoms. The quantitative estimate of drug-likeness (QED) is 0.473. The van der Waals surface area contributed by atoms with Crippen LogP contribution in [-0.2, 0) is 13.6 Å². The van der Waals surface area contributed by atoms with Crippen molar-refractivity contribution in [1.29, 1.82) is 0 Å². The van der Waals surface area contributed by atoms with Crippen molar-refractivity contribution >= 4 is 38.6 Å². The number of rotatable bonds is 4. The van der Waals surface area contributed by atoms with Gasteiger partial charge in [-0.05, 0) is 29.8 Å². The lowest BCUT2D eigenvalue weighted by Crippen LogP contribution is -2.20. The summed E-state index contributed by atoms with van der Waals surface area (Å²) in [5, 5.41) is 3.98. The van der Waals surface area contributed by atoms with Gasteiger partial charge in [0.05, 0.1) is 0 Å². The molecule has 0 aliphatic rings. The summed E-state index contributed by atoms with van der Waals surface area (Å²) in [6, 6.07) is 17.1. The summed E-state index contributed by atoms with van der Waals surface area (Å²) < 4.78 is 2.42. The molecule has 0 amide bonds. The van der Waals surface area contributed by atoms with Crippen LogP contribution in [0.4, 0.5) is 11.6 Å². The summed E-state index contributed by atoms with van der Waals surface area (Å²) in [5.41, 5.74) is 9.46. The third kappa shape index (κ3) is 3.48. The zero-order valence-corrected chi connectivity index (χ0v) is 16.8. The van der Waals surface area contributed by atoms with E-state index in [2.05, 4.69) is 31.2 Å². The maximum absolute atomic E-state index is 12.9. The van der Waals surface area contributed by atoms with Crippen LogP contribution in [0.2, 0.25) is 0 Å². The van der Waals surface area contributed by atoms with Crippen LogP contribution >= 0.6 is 15.9 Å². The maximum atomic E-state index is 12.9. The predicted molar refractivity (Wildman–Crippen MR) is 116 cm³/mol. The van der Waals surface area contributed by atoms with E-state index in [0.29, 0.717) is 29.4 Å². The van der Waals surface area contributed by atoms with Gasteiger partial charge in [-0.25, -0.2) is 4.98 Å². The van der Waals surface area contributed by atoms with Crippen LogP contribution in [0.5, 0.6) is 0 Å². The molecule has 140 valence electrons. The van der Waals surface area contributed by atoms with Gasteiger partial charge < -0.3 is 11.1 Å². The van der Waals surface area contributed by atoms with E-state index < -0.39 is 0 Å². The van der Waals surface area contributed by atoms with E-state index in [1.165, 1.54) is 0 Å². The number of nitrogen functional groups attached to an aromatic ring is 1. The van der Waals surface area contributed by atoms with Crippen LogP contribution in [0.15, 0.2) is 70.1 Å². The number of halogens is 1. The number of fused-ring (bicyclic) bond motifs is 1. The molecule has 2 aromatic heterocycles. The topological polar surface area (TPSA) is 85.8 Å². The molecule has 0 bridgehead atoms. The molecule has 7 heteroatoms. The smallest absolute Gasteiger partial charge is 0.259 e. The van der Waals surface area contributed by atoms with Crippen molar-refractivity contribution in [2.45, 2.75) is 6.54 Å². The standard InChI is InChI=1S/C21H18BrN5O/c1-27-19-14(10-17(20(27)28)16-7-2-3-8-18(16)22)12-25-21(26-19)24-11-13-5-4-6-15(23)9-13/h2-10,12H,11,23H2,1H3,(H,24,25,26). The summed E-state index contributed by atoms with van der Waals surface area (Å²) in [7, 11) is 1.72. The van der Waals surface area contributed by atoms with Gasteiger partial charge in [-0.3, -0.25) is 9.36 Å². The van der Waals surface area contributed by atoms with Gasteiger partial charge in [0.15, 0.2) is 0 Å². The molecule has 0 radical (unpaired) electrons. The summed E-state index contributed by atoms with van der Waals surface area (Å²) in [4.78, 5) is 21.8. The minimum Gasteiger partial charge on any atom is -0.399 e. The van der Waals surface area contributed by atoms with Crippen molar-refractivity contribution in [2.75, 3.05) is 11.1 Å². The van der Waals surface area contributed by atoms with Crippen molar-refractivity contribution in [1.82, 2.24) is 14.5 Å². The Morgan fingerprint density at radius 3 is 2.71 bits per heavy atom. The summed E-state index contributed by atoms with van der Waals surface area (Å²) in [5.74, 6) is 0.457. The van der Waals surface area contributed by atoms with Crippen molar-refractivity contribution in [3.63, 3.8) is 0 Å². The van der Waals surface area contributed by atoms with Gasteiger partial charge in [0.25, 0.3) is 5.56 Å². The second-order valence-corrected chi connectivity index (χ2v) is 7.33. The first-order valence-corrected chi connectivity index (χ1v) is 9.52. The van der Waals surface area contributed by atoms with Crippen molar-refractivity contribution < 1.29 is 0 Å². The zero-order valence-electron chi connectivity index (χ0n) is 15.2. The maximum Gasteiger partial charge on any atom is 0.259 e. The number of hydrogen-bond donors (Lipinski definition) is 2. The molecule has 0 saturated carbocycles. The van der Waals surface area contributed by atoms with E-state index in [0.717, 1.165) is 21.0 Å². The van der Waals surface area contributed by atoms with E-state index in [1.807, 2.05) is 54.6 Å². The first-order valence-electron chi connectivity index (χ1n) is 8.73. The SMILES string of the molecule is Cn1c(=O)c(-c2ccccc2Br)cc2cnc(NCc3cccc(N)c3)nc21. The third-order valence-electron chi connectivity index (χ3n) is 4.51. The molecule has 0 saturated heterocycles. The van der Waals surface area contributed by atoms with Crippen LogP contribution in [0, 0.1) is 0 Å². The summed E-state index contributed by atoms with van der Waals surface area (Å²) in [6.45, 7) is 0.541. The van der Waals surface area contributed by atoms with E-state index in [1.54, 1.807) is 17.8 Å². The lowest BCUT2D eigenvalue weighted by molar-refractivity contribution is 0.884. The molecule has 2 heterocycles. The van der Waals surface area contributed by atoms with E-state index in [4.69, 9.17) is 5.73 Å². The fourth-order valence-electron chi connectivity index (χ4n) is 3.09. The fourth-order valence-corrected chi connectivity index (χ4v) is 3.59. The highest BCUT2D eigenvalue weighted by Crippen LogP contribution is 2.27. The highest BCUT2D eigenvalue weighted by Gasteiger charge is 2.13. The number of pyridine rings is 1. The van der Waals surface area contributed by atoms with Crippen molar-refractivity contribution in [3.05, 3.63) is 81.2 Å². The number of aromatic nitrogens is 3. The first kappa shape index (κ1) is 18.2. The number of benzene rings is 2. The molecule has 0 fully saturated rings. The Labute approximate surface area is 170 Å². The second kappa shape index (κ2) is 7.44. The van der Waals surface area contributed by atoms with E-state index in [9.17, 15) is 4.79 Å². The Hall–Kier alpha value is -3.19. The van der Waals surface area contributed by atoms with E-state index in [-0.39, 0.29) is 5.56 Å². The number of hydrogen-bond acceptors (Lipinski definition) is 5. The first-order chi connectivity index (χ1) is 13.5. The lowest BCUT2D eigenvalue weighted by Gasteiger charge is -2.11. The Balaban J connectivity index is 1.71. The molecule has 0 atom stereocenters. The Morgan fingerprint density at radius 2 is 1.93 bits per heavy atom. The number of nitrogens with zero attached hydrogens (tertiary/aromatic N) is 3. The molecule has 3 N–H and O–H groups in total. The summed E-state index contributed by atoms with van der Waals surface area (Å²) >= 11 is 3.52. The van der Waals surface area contributed by atoms with Gasteiger partial charge in [0.2, 0.25) is 5.95 Å².